The molecule has 0 fully saturated rings. The van der Waals surface area contributed by atoms with Crippen LogP contribution in [0.5, 0.6) is 0 Å². The Hall–Kier alpha value is -7.04. The van der Waals surface area contributed by atoms with Crippen molar-refractivity contribution < 1.29 is 0 Å². The molecule has 52 heavy (non-hydrogen) atoms. The Kier molecular flexibility index (Phi) is 5.47. The van der Waals surface area contributed by atoms with E-state index in [1.807, 2.05) is 30.3 Å². The van der Waals surface area contributed by atoms with Gasteiger partial charge in [0.1, 0.15) is 0 Å². The lowest BCUT2D eigenvalue weighted by Crippen LogP contribution is -1.97. The molecule has 4 heteroatoms. The lowest BCUT2D eigenvalue weighted by Gasteiger charge is -2.12. The molecule has 0 N–H and O–H groups in total. The van der Waals surface area contributed by atoms with Gasteiger partial charge in [-0.15, -0.1) is 0 Å². The summed E-state index contributed by atoms with van der Waals surface area (Å²) in [4.78, 5) is 10.3. The molecule has 0 saturated heterocycles. The lowest BCUT2D eigenvalue weighted by molar-refractivity contribution is 1.18. The van der Waals surface area contributed by atoms with Crippen LogP contribution in [0.1, 0.15) is 0 Å². The first-order valence-corrected chi connectivity index (χ1v) is 17.8. The van der Waals surface area contributed by atoms with E-state index in [1.54, 1.807) is 0 Å². The van der Waals surface area contributed by atoms with Crippen molar-refractivity contribution in [1.29, 1.82) is 0 Å². The minimum Gasteiger partial charge on any atom is -0.309 e. The van der Waals surface area contributed by atoms with Crippen LogP contribution in [0.3, 0.4) is 0 Å². The van der Waals surface area contributed by atoms with E-state index < -0.39 is 0 Å². The first-order valence-electron chi connectivity index (χ1n) is 17.8. The van der Waals surface area contributed by atoms with Gasteiger partial charge in [-0.2, -0.15) is 0 Å². The van der Waals surface area contributed by atoms with Crippen LogP contribution in [0.25, 0.3) is 110 Å². The maximum absolute atomic E-state index is 5.17. The summed E-state index contributed by atoms with van der Waals surface area (Å²) in [5.74, 6) is 0. The van der Waals surface area contributed by atoms with Gasteiger partial charge in [-0.05, 0) is 59.3 Å². The molecule has 12 rings (SSSR count). The van der Waals surface area contributed by atoms with Crippen LogP contribution in [0.15, 0.2) is 170 Å². The van der Waals surface area contributed by atoms with Gasteiger partial charge < -0.3 is 8.97 Å². The van der Waals surface area contributed by atoms with E-state index in [0.29, 0.717) is 0 Å². The topological polar surface area (TPSA) is 35.1 Å². The fourth-order valence-electron chi connectivity index (χ4n) is 8.82. The highest BCUT2D eigenvalue weighted by molar-refractivity contribution is 6.38. The summed E-state index contributed by atoms with van der Waals surface area (Å²) < 4.78 is 4.95. The van der Waals surface area contributed by atoms with Crippen molar-refractivity contribution in [1.82, 2.24) is 18.9 Å². The SMILES string of the molecule is c1ccc(-c2nc3ccccc3nc2-c2ccc(-n3c4ccccc4c4c5c6c7ccccc7ccc6n6c7ccccc7c(cc43)c56)cc2)cc1. The number of rotatable bonds is 3. The van der Waals surface area contributed by atoms with Crippen LogP contribution >= 0.6 is 0 Å². The molecule has 0 bridgehead atoms. The molecule has 4 nitrogen and oxygen atoms in total. The van der Waals surface area contributed by atoms with Crippen LogP contribution in [-0.4, -0.2) is 18.9 Å². The Bertz CT molecular complexity index is 3390. The Balaban J connectivity index is 1.17. The molecular formula is C48H28N4. The third kappa shape index (κ3) is 3.65. The zero-order valence-electron chi connectivity index (χ0n) is 28.0. The number of para-hydroxylation sites is 4. The third-order valence-electron chi connectivity index (χ3n) is 11.0. The summed E-state index contributed by atoms with van der Waals surface area (Å²) in [7, 11) is 0. The molecule has 12 aromatic rings. The van der Waals surface area contributed by atoms with Crippen LogP contribution in [-0.2, 0) is 0 Å². The molecule has 0 aliphatic carbocycles. The van der Waals surface area contributed by atoms with E-state index in [2.05, 4.69) is 148 Å². The third-order valence-corrected chi connectivity index (χ3v) is 11.0. The Morgan fingerprint density at radius 3 is 1.73 bits per heavy atom. The number of aromatic nitrogens is 4. The molecule has 4 aromatic heterocycles. The van der Waals surface area contributed by atoms with Gasteiger partial charge in [-0.3, -0.25) is 0 Å². The van der Waals surface area contributed by atoms with Gasteiger partial charge >= 0.3 is 0 Å². The molecule has 240 valence electrons. The summed E-state index contributed by atoms with van der Waals surface area (Å²) in [5.41, 5.74) is 12.9. The molecule has 0 aliphatic heterocycles. The van der Waals surface area contributed by atoms with Gasteiger partial charge in [-0.25, -0.2) is 9.97 Å². The maximum atomic E-state index is 5.17. The lowest BCUT2D eigenvalue weighted by atomic mass is 9.98. The smallest absolute Gasteiger partial charge is 0.0973 e. The molecule has 0 unspecified atom stereocenters. The van der Waals surface area contributed by atoms with Crippen molar-refractivity contribution >= 4 is 81.7 Å². The molecule has 0 atom stereocenters. The van der Waals surface area contributed by atoms with Gasteiger partial charge in [0.15, 0.2) is 0 Å². The zero-order chi connectivity index (χ0) is 33.9. The molecule has 0 aliphatic rings. The van der Waals surface area contributed by atoms with Crippen molar-refractivity contribution in [3.63, 3.8) is 0 Å². The second-order valence-electron chi connectivity index (χ2n) is 13.8. The van der Waals surface area contributed by atoms with E-state index in [-0.39, 0.29) is 0 Å². The second-order valence-corrected chi connectivity index (χ2v) is 13.8. The van der Waals surface area contributed by atoms with Gasteiger partial charge in [0.2, 0.25) is 0 Å². The number of fused-ring (bicyclic) bond motifs is 13. The fourth-order valence-corrected chi connectivity index (χ4v) is 8.82. The molecule has 0 amide bonds. The molecular weight excluding hydrogens is 633 g/mol. The Labute approximate surface area is 297 Å². The normalized spacial score (nSPS) is 12.2. The van der Waals surface area contributed by atoms with Crippen molar-refractivity contribution in [3.05, 3.63) is 170 Å². The van der Waals surface area contributed by atoms with E-state index in [0.717, 1.165) is 39.2 Å². The monoisotopic (exact) mass is 660 g/mol. The predicted octanol–water partition coefficient (Wildman–Crippen LogP) is 12.4. The van der Waals surface area contributed by atoms with E-state index >= 15 is 0 Å². The largest absolute Gasteiger partial charge is 0.309 e. The minimum atomic E-state index is 0.879. The Morgan fingerprint density at radius 1 is 0.365 bits per heavy atom. The van der Waals surface area contributed by atoms with Gasteiger partial charge in [0.05, 0.1) is 50.0 Å². The number of nitrogens with zero attached hydrogens (tertiary/aromatic N) is 4. The van der Waals surface area contributed by atoms with Gasteiger partial charge in [-0.1, -0.05) is 121 Å². The average Bonchev–Trinajstić information content (AvgIpc) is 3.85. The van der Waals surface area contributed by atoms with Crippen LogP contribution in [0.2, 0.25) is 0 Å². The maximum Gasteiger partial charge on any atom is 0.0973 e. The van der Waals surface area contributed by atoms with Gasteiger partial charge in [0, 0.05) is 49.1 Å². The standard InChI is InChI=1S/C48H28N4/c1-2-13-30(14-3-1)46-47(50-38-19-9-8-18-37(38)49-46)31-22-25-32(26-23-31)51-40-21-11-7-17-35(40)44-42(51)28-36-34-16-6-10-20-39(34)52-41-27-24-29-12-4-5-15-33(29)43(41)45(44)48(36)52/h1-28H. The first-order chi connectivity index (χ1) is 25.8. The van der Waals surface area contributed by atoms with Crippen molar-refractivity contribution in [2.45, 2.75) is 0 Å². The number of hydrogen-bond acceptors (Lipinski definition) is 2. The second kappa shape index (κ2) is 10.3. The highest BCUT2D eigenvalue weighted by Gasteiger charge is 2.25. The van der Waals surface area contributed by atoms with E-state index in [9.17, 15) is 0 Å². The zero-order valence-corrected chi connectivity index (χ0v) is 28.0. The molecule has 0 spiro atoms. The first kappa shape index (κ1) is 27.7. The summed E-state index contributed by atoms with van der Waals surface area (Å²) >= 11 is 0. The quantitative estimate of drug-likeness (QED) is 0.189. The predicted molar refractivity (Wildman–Crippen MR) is 217 cm³/mol. The van der Waals surface area contributed by atoms with Crippen molar-refractivity contribution in [3.8, 4) is 28.2 Å². The Morgan fingerprint density at radius 2 is 0.962 bits per heavy atom. The minimum absolute atomic E-state index is 0.879. The van der Waals surface area contributed by atoms with E-state index in [1.165, 1.54) is 70.7 Å². The highest BCUT2D eigenvalue weighted by Crippen LogP contribution is 2.48. The summed E-state index contributed by atoms with van der Waals surface area (Å²) in [6.07, 6.45) is 0. The van der Waals surface area contributed by atoms with Gasteiger partial charge in [0.25, 0.3) is 0 Å². The molecule has 4 heterocycles. The van der Waals surface area contributed by atoms with Crippen LogP contribution < -0.4 is 0 Å². The summed E-state index contributed by atoms with van der Waals surface area (Å²) in [6, 6.07) is 60.9. The summed E-state index contributed by atoms with van der Waals surface area (Å²) in [5, 5.41) is 10.3. The van der Waals surface area contributed by atoms with Crippen LogP contribution in [0, 0.1) is 0 Å². The fraction of sp³-hybridized carbons (Fsp3) is 0. The van der Waals surface area contributed by atoms with E-state index in [4.69, 9.17) is 9.97 Å². The molecule has 0 radical (unpaired) electrons. The van der Waals surface area contributed by atoms with Crippen LogP contribution in [0.4, 0.5) is 0 Å². The average molecular weight is 661 g/mol. The number of benzene rings is 8. The van der Waals surface area contributed by atoms with Crippen molar-refractivity contribution in [2.24, 2.45) is 0 Å². The van der Waals surface area contributed by atoms with Crippen molar-refractivity contribution in [2.75, 3.05) is 0 Å². The molecule has 8 aromatic carbocycles. The number of hydrogen-bond donors (Lipinski definition) is 0. The summed E-state index contributed by atoms with van der Waals surface area (Å²) in [6.45, 7) is 0. The molecule has 0 saturated carbocycles. The highest BCUT2D eigenvalue weighted by atomic mass is 15.0.